The molecular weight excluding hydrogens is 197 g/mol. The minimum Gasteiger partial charge on any atom is -0.309 e. The van der Waals surface area contributed by atoms with Crippen molar-refractivity contribution < 1.29 is 9.18 Å². The van der Waals surface area contributed by atoms with E-state index in [1.54, 1.807) is 6.08 Å². The molecule has 0 aliphatic carbocycles. The van der Waals surface area contributed by atoms with Crippen LogP contribution in [0.25, 0.3) is 0 Å². The monoisotopic (exact) mass is 209 g/mol. The molecule has 1 aromatic heterocycles. The van der Waals surface area contributed by atoms with Crippen LogP contribution in [-0.2, 0) is 4.79 Å². The lowest BCUT2D eigenvalue weighted by molar-refractivity contribution is -0.115. The Kier molecular flexibility index (Phi) is 4.43. The number of hydrogen-bond donors (Lipinski definition) is 2. The lowest BCUT2D eigenvalue weighted by Gasteiger charge is -2.04. The summed E-state index contributed by atoms with van der Waals surface area (Å²) in [6.07, 6.45) is 1.65. The first-order chi connectivity index (χ1) is 7.22. The Bertz CT molecular complexity index is 354. The molecule has 1 heterocycles. The fourth-order valence-electron chi connectivity index (χ4n) is 0.953. The van der Waals surface area contributed by atoms with Crippen molar-refractivity contribution >= 4 is 11.7 Å². The minimum atomic E-state index is -0.619. The van der Waals surface area contributed by atoms with Gasteiger partial charge in [-0.05, 0) is 12.1 Å². The molecular formula is C10H12FN3O. The summed E-state index contributed by atoms with van der Waals surface area (Å²) in [6, 6.07) is 4.22. The molecule has 1 aromatic rings. The van der Waals surface area contributed by atoms with Gasteiger partial charge in [-0.3, -0.25) is 4.79 Å². The number of carbonyl (C=O) groups is 1. The van der Waals surface area contributed by atoms with Crippen LogP contribution in [-0.4, -0.2) is 24.0 Å². The molecule has 0 radical (unpaired) electrons. The predicted octanol–water partition coefficient (Wildman–Crippen LogP) is 0.935. The Balaban J connectivity index is 2.40. The first-order valence-electron chi connectivity index (χ1n) is 4.46. The molecule has 0 aliphatic heterocycles. The van der Waals surface area contributed by atoms with Crippen molar-refractivity contribution in [2.24, 2.45) is 0 Å². The van der Waals surface area contributed by atoms with Crippen molar-refractivity contribution in [3.63, 3.8) is 0 Å². The highest BCUT2D eigenvalue weighted by molar-refractivity contribution is 5.91. The van der Waals surface area contributed by atoms with Gasteiger partial charge in [0.25, 0.3) is 0 Å². The van der Waals surface area contributed by atoms with Gasteiger partial charge in [-0.2, -0.15) is 4.39 Å². The van der Waals surface area contributed by atoms with Gasteiger partial charge in [-0.15, -0.1) is 6.58 Å². The van der Waals surface area contributed by atoms with Crippen LogP contribution >= 0.6 is 0 Å². The highest BCUT2D eigenvalue weighted by Gasteiger charge is 2.02. The molecule has 0 atom stereocenters. The molecule has 0 bridgehead atoms. The SMILES string of the molecule is C=CCNCC(=O)Nc1cccc(F)n1. The Morgan fingerprint density at radius 2 is 2.40 bits per heavy atom. The van der Waals surface area contributed by atoms with Gasteiger partial charge in [0.05, 0.1) is 6.54 Å². The molecule has 5 heteroatoms. The number of rotatable bonds is 5. The third-order valence-corrected chi connectivity index (χ3v) is 1.56. The number of pyridine rings is 1. The van der Waals surface area contributed by atoms with Gasteiger partial charge in [0.15, 0.2) is 0 Å². The van der Waals surface area contributed by atoms with Crippen LogP contribution in [0.5, 0.6) is 0 Å². The summed E-state index contributed by atoms with van der Waals surface area (Å²) in [5, 5.41) is 5.27. The molecule has 0 aliphatic rings. The van der Waals surface area contributed by atoms with Crippen molar-refractivity contribution in [1.29, 1.82) is 0 Å². The molecule has 0 fully saturated rings. The maximum Gasteiger partial charge on any atom is 0.239 e. The number of carbonyl (C=O) groups excluding carboxylic acids is 1. The second-order valence-corrected chi connectivity index (χ2v) is 2.81. The molecule has 0 saturated carbocycles. The van der Waals surface area contributed by atoms with Gasteiger partial charge in [0, 0.05) is 6.54 Å². The second-order valence-electron chi connectivity index (χ2n) is 2.81. The summed E-state index contributed by atoms with van der Waals surface area (Å²) < 4.78 is 12.6. The molecule has 1 rings (SSSR count). The predicted molar refractivity (Wildman–Crippen MR) is 55.9 cm³/mol. The van der Waals surface area contributed by atoms with Crippen LogP contribution in [0, 0.1) is 5.95 Å². The number of aromatic nitrogens is 1. The molecule has 15 heavy (non-hydrogen) atoms. The first kappa shape index (κ1) is 11.3. The Labute approximate surface area is 87.2 Å². The van der Waals surface area contributed by atoms with Crippen molar-refractivity contribution in [3.05, 3.63) is 36.8 Å². The summed E-state index contributed by atoms with van der Waals surface area (Å²) in [4.78, 5) is 14.7. The Morgan fingerprint density at radius 3 is 3.07 bits per heavy atom. The average Bonchev–Trinajstić information content (AvgIpc) is 2.18. The first-order valence-corrected chi connectivity index (χ1v) is 4.46. The second kappa shape index (κ2) is 5.87. The van der Waals surface area contributed by atoms with Crippen molar-refractivity contribution in [1.82, 2.24) is 10.3 Å². The van der Waals surface area contributed by atoms with E-state index < -0.39 is 5.95 Å². The van der Waals surface area contributed by atoms with Gasteiger partial charge in [-0.25, -0.2) is 4.98 Å². The summed E-state index contributed by atoms with van der Waals surface area (Å²) in [6.45, 7) is 4.19. The van der Waals surface area contributed by atoms with E-state index in [0.717, 1.165) is 0 Å². The van der Waals surface area contributed by atoms with Crippen molar-refractivity contribution in [2.45, 2.75) is 0 Å². The van der Waals surface area contributed by atoms with E-state index in [2.05, 4.69) is 22.2 Å². The fraction of sp³-hybridized carbons (Fsp3) is 0.200. The average molecular weight is 209 g/mol. The zero-order valence-electron chi connectivity index (χ0n) is 8.16. The van der Waals surface area contributed by atoms with Gasteiger partial charge in [0.1, 0.15) is 5.82 Å². The summed E-state index contributed by atoms with van der Waals surface area (Å²) in [7, 11) is 0. The van der Waals surface area contributed by atoms with E-state index >= 15 is 0 Å². The maximum atomic E-state index is 12.6. The van der Waals surface area contributed by atoms with Crippen LogP contribution in [0.3, 0.4) is 0 Å². The maximum absolute atomic E-state index is 12.6. The van der Waals surface area contributed by atoms with E-state index in [1.807, 2.05) is 0 Å². The van der Waals surface area contributed by atoms with Gasteiger partial charge in [0.2, 0.25) is 11.9 Å². The molecule has 1 amide bonds. The smallest absolute Gasteiger partial charge is 0.239 e. The normalized spacial score (nSPS) is 9.67. The number of anilines is 1. The molecule has 4 nitrogen and oxygen atoms in total. The largest absolute Gasteiger partial charge is 0.309 e. The van der Waals surface area contributed by atoms with Gasteiger partial charge in [-0.1, -0.05) is 12.1 Å². The molecule has 80 valence electrons. The number of halogens is 1. The fourth-order valence-corrected chi connectivity index (χ4v) is 0.953. The molecule has 0 spiro atoms. The molecule has 0 aromatic carbocycles. The van der Waals surface area contributed by atoms with Gasteiger partial charge >= 0.3 is 0 Å². The van der Waals surface area contributed by atoms with E-state index in [0.29, 0.717) is 6.54 Å². The molecule has 0 saturated heterocycles. The summed E-state index contributed by atoms with van der Waals surface area (Å²) >= 11 is 0. The minimum absolute atomic E-state index is 0.143. The van der Waals surface area contributed by atoms with Crippen molar-refractivity contribution in [2.75, 3.05) is 18.4 Å². The quantitative estimate of drug-likeness (QED) is 0.431. The van der Waals surface area contributed by atoms with Crippen LogP contribution in [0.4, 0.5) is 10.2 Å². The number of amides is 1. The topological polar surface area (TPSA) is 54.0 Å². The Morgan fingerprint density at radius 1 is 1.60 bits per heavy atom. The summed E-state index contributed by atoms with van der Waals surface area (Å²) in [5.74, 6) is -0.679. The highest BCUT2D eigenvalue weighted by Crippen LogP contribution is 2.02. The number of nitrogens with one attached hydrogen (secondary N) is 2. The summed E-state index contributed by atoms with van der Waals surface area (Å²) in [5.41, 5.74) is 0. The van der Waals surface area contributed by atoms with Crippen LogP contribution in [0.2, 0.25) is 0 Å². The lowest BCUT2D eigenvalue weighted by atomic mass is 10.4. The standard InChI is InChI=1S/C10H12FN3O/c1-2-6-12-7-10(15)14-9-5-3-4-8(11)13-9/h2-5,12H,1,6-7H2,(H,13,14,15). The third kappa shape index (κ3) is 4.33. The van der Waals surface area contributed by atoms with Crippen molar-refractivity contribution in [3.8, 4) is 0 Å². The van der Waals surface area contributed by atoms with E-state index in [1.165, 1.54) is 18.2 Å². The highest BCUT2D eigenvalue weighted by atomic mass is 19.1. The number of nitrogens with zero attached hydrogens (tertiary/aromatic N) is 1. The molecule has 0 unspecified atom stereocenters. The van der Waals surface area contributed by atoms with Crippen LogP contribution < -0.4 is 10.6 Å². The van der Waals surface area contributed by atoms with E-state index in [9.17, 15) is 9.18 Å². The van der Waals surface area contributed by atoms with Gasteiger partial charge < -0.3 is 10.6 Å². The Hall–Kier alpha value is -1.75. The zero-order chi connectivity index (χ0) is 11.1. The van der Waals surface area contributed by atoms with E-state index in [-0.39, 0.29) is 18.3 Å². The third-order valence-electron chi connectivity index (χ3n) is 1.56. The lowest BCUT2D eigenvalue weighted by Crippen LogP contribution is -2.28. The molecule has 2 N–H and O–H groups in total. The van der Waals surface area contributed by atoms with Crippen LogP contribution in [0.1, 0.15) is 0 Å². The van der Waals surface area contributed by atoms with Crippen LogP contribution in [0.15, 0.2) is 30.9 Å². The number of hydrogen-bond acceptors (Lipinski definition) is 3. The zero-order valence-corrected chi connectivity index (χ0v) is 8.16. The van der Waals surface area contributed by atoms with E-state index in [4.69, 9.17) is 0 Å².